The van der Waals surface area contributed by atoms with E-state index in [2.05, 4.69) is 38.5 Å². The van der Waals surface area contributed by atoms with Crippen LogP contribution in [0.1, 0.15) is 6.92 Å². The maximum Gasteiger partial charge on any atom is 0.227 e. The Kier molecular flexibility index (Phi) is 6.69. The number of hydrogen-bond acceptors (Lipinski definition) is 7. The van der Waals surface area contributed by atoms with Gasteiger partial charge in [0.1, 0.15) is 5.75 Å². The summed E-state index contributed by atoms with van der Waals surface area (Å²) < 4.78 is 5.72. The summed E-state index contributed by atoms with van der Waals surface area (Å²) >= 11 is 0. The molecule has 184 valence electrons. The van der Waals surface area contributed by atoms with Crippen LogP contribution in [0.2, 0.25) is 0 Å². The summed E-state index contributed by atoms with van der Waals surface area (Å²) in [5.74, 6) is 1.24. The van der Waals surface area contributed by atoms with Crippen LogP contribution in [0.25, 0.3) is 22.0 Å². The average molecular weight is 483 g/mol. The predicted molar refractivity (Wildman–Crippen MR) is 145 cm³/mol. The first-order valence-corrected chi connectivity index (χ1v) is 12.0. The van der Waals surface area contributed by atoms with Crippen LogP contribution in [0.3, 0.4) is 0 Å². The number of ether oxygens (including phenoxy) is 1. The fourth-order valence-corrected chi connectivity index (χ4v) is 4.48. The number of rotatable bonds is 6. The smallest absolute Gasteiger partial charge is 0.227 e. The molecule has 36 heavy (non-hydrogen) atoms. The van der Waals surface area contributed by atoms with Gasteiger partial charge >= 0.3 is 0 Å². The summed E-state index contributed by atoms with van der Waals surface area (Å²) in [6.45, 7) is 5.52. The largest absolute Gasteiger partial charge is 0.495 e. The molecule has 0 atom stereocenters. The highest BCUT2D eigenvalue weighted by Gasteiger charge is 2.18. The summed E-state index contributed by atoms with van der Waals surface area (Å²) in [5, 5.41) is 7.09. The molecular weight excluding hydrogens is 452 g/mol. The van der Waals surface area contributed by atoms with Crippen molar-refractivity contribution < 1.29 is 9.53 Å². The summed E-state index contributed by atoms with van der Waals surface area (Å²) in [4.78, 5) is 25.4. The SMILES string of the molecule is COc1cc(Nc2ncc3cccc(-c4ccc(NC(C)=O)cc4)c3n2)ccc1N1CCN(C)CC1. The number of nitrogens with one attached hydrogen (secondary N) is 2. The number of likely N-dealkylation sites (N-methyl/N-ethyl adjacent to an activating group) is 1. The molecular formula is C28H30N6O2. The van der Waals surface area contributed by atoms with Crippen molar-refractivity contribution in [3.63, 3.8) is 0 Å². The Hall–Kier alpha value is -4.17. The van der Waals surface area contributed by atoms with Gasteiger partial charge in [-0.2, -0.15) is 0 Å². The molecule has 0 radical (unpaired) electrons. The van der Waals surface area contributed by atoms with Crippen molar-refractivity contribution in [1.29, 1.82) is 0 Å². The summed E-state index contributed by atoms with van der Waals surface area (Å²) in [6, 6.07) is 19.9. The highest BCUT2D eigenvalue weighted by atomic mass is 16.5. The number of aromatic nitrogens is 2. The van der Waals surface area contributed by atoms with Gasteiger partial charge in [0.15, 0.2) is 0 Å². The minimum absolute atomic E-state index is 0.0930. The van der Waals surface area contributed by atoms with Crippen LogP contribution in [0.15, 0.2) is 66.9 Å². The van der Waals surface area contributed by atoms with Crippen molar-refractivity contribution in [3.8, 4) is 16.9 Å². The molecule has 0 bridgehead atoms. The lowest BCUT2D eigenvalue weighted by Crippen LogP contribution is -2.44. The van der Waals surface area contributed by atoms with E-state index >= 15 is 0 Å². The predicted octanol–water partition coefficient (Wildman–Crippen LogP) is 4.76. The minimum atomic E-state index is -0.0930. The molecule has 1 aliphatic heterocycles. The lowest BCUT2D eigenvalue weighted by molar-refractivity contribution is -0.114. The zero-order chi connectivity index (χ0) is 25.1. The highest BCUT2D eigenvalue weighted by Crippen LogP contribution is 2.33. The summed E-state index contributed by atoms with van der Waals surface area (Å²) in [6.07, 6.45) is 1.83. The number of anilines is 4. The molecule has 0 aliphatic carbocycles. The lowest BCUT2D eigenvalue weighted by atomic mass is 10.0. The zero-order valence-electron chi connectivity index (χ0n) is 20.8. The van der Waals surface area contributed by atoms with Gasteiger partial charge in [-0.05, 0) is 36.9 Å². The number of carbonyl (C=O) groups is 1. The van der Waals surface area contributed by atoms with Crippen LogP contribution in [-0.4, -0.2) is 61.1 Å². The Bertz CT molecular complexity index is 1380. The van der Waals surface area contributed by atoms with Crippen LogP contribution in [-0.2, 0) is 4.79 Å². The van der Waals surface area contributed by atoms with Gasteiger partial charge in [-0.15, -0.1) is 0 Å². The Morgan fingerprint density at radius 3 is 2.44 bits per heavy atom. The third-order valence-corrected chi connectivity index (χ3v) is 6.41. The molecule has 2 N–H and O–H groups in total. The third kappa shape index (κ3) is 5.08. The van der Waals surface area contributed by atoms with Gasteiger partial charge in [0.25, 0.3) is 0 Å². The maximum absolute atomic E-state index is 11.3. The van der Waals surface area contributed by atoms with Crippen LogP contribution in [0.5, 0.6) is 5.75 Å². The zero-order valence-corrected chi connectivity index (χ0v) is 20.8. The molecule has 0 unspecified atom stereocenters. The summed E-state index contributed by atoms with van der Waals surface area (Å²) in [5.41, 5.74) is 5.58. The van der Waals surface area contributed by atoms with Crippen molar-refractivity contribution in [3.05, 3.63) is 66.9 Å². The van der Waals surface area contributed by atoms with E-state index in [1.54, 1.807) is 7.11 Å². The lowest BCUT2D eigenvalue weighted by Gasteiger charge is -2.34. The quantitative estimate of drug-likeness (QED) is 0.410. The third-order valence-electron chi connectivity index (χ3n) is 6.41. The number of piperazine rings is 1. The molecule has 1 aromatic heterocycles. The van der Waals surface area contributed by atoms with Crippen molar-refractivity contribution in [1.82, 2.24) is 14.9 Å². The van der Waals surface area contributed by atoms with E-state index in [4.69, 9.17) is 9.72 Å². The number of nitrogens with zero attached hydrogens (tertiary/aromatic N) is 4. The minimum Gasteiger partial charge on any atom is -0.495 e. The maximum atomic E-state index is 11.3. The normalized spacial score (nSPS) is 14.0. The Labute approximate surface area is 210 Å². The monoisotopic (exact) mass is 482 g/mol. The molecule has 1 aliphatic rings. The molecule has 0 saturated carbocycles. The van der Waals surface area contributed by atoms with Gasteiger partial charge in [-0.25, -0.2) is 9.97 Å². The Morgan fingerprint density at radius 2 is 1.72 bits per heavy atom. The molecule has 1 amide bonds. The number of carbonyl (C=O) groups excluding carboxylic acids is 1. The van der Waals surface area contributed by atoms with E-state index in [1.165, 1.54) is 6.92 Å². The van der Waals surface area contributed by atoms with Gasteiger partial charge in [-0.1, -0.05) is 30.3 Å². The van der Waals surface area contributed by atoms with Crippen LogP contribution in [0, 0.1) is 0 Å². The fourth-order valence-electron chi connectivity index (χ4n) is 4.48. The highest BCUT2D eigenvalue weighted by molar-refractivity contribution is 5.94. The van der Waals surface area contributed by atoms with E-state index in [0.29, 0.717) is 5.95 Å². The Morgan fingerprint density at radius 1 is 0.972 bits per heavy atom. The molecule has 4 aromatic rings. The van der Waals surface area contributed by atoms with Gasteiger partial charge in [0.2, 0.25) is 11.9 Å². The van der Waals surface area contributed by atoms with E-state index < -0.39 is 0 Å². The van der Waals surface area contributed by atoms with Crippen molar-refractivity contribution in [2.24, 2.45) is 0 Å². The molecule has 0 spiro atoms. The topological polar surface area (TPSA) is 82.6 Å². The number of para-hydroxylation sites is 1. The molecule has 5 rings (SSSR count). The molecule has 1 fully saturated rings. The van der Waals surface area contributed by atoms with Crippen LogP contribution in [0.4, 0.5) is 23.0 Å². The summed E-state index contributed by atoms with van der Waals surface area (Å²) in [7, 11) is 3.85. The van der Waals surface area contributed by atoms with Crippen LogP contribution < -0.4 is 20.3 Å². The average Bonchev–Trinajstić information content (AvgIpc) is 2.89. The molecule has 8 heteroatoms. The first kappa shape index (κ1) is 23.6. The van der Waals surface area contributed by atoms with E-state index in [0.717, 1.165) is 71.0 Å². The number of amides is 1. The number of fused-ring (bicyclic) bond motifs is 1. The van der Waals surface area contributed by atoms with Gasteiger partial charge < -0.3 is 25.2 Å². The van der Waals surface area contributed by atoms with Crippen molar-refractivity contribution in [2.75, 3.05) is 55.9 Å². The number of hydrogen-bond donors (Lipinski definition) is 2. The van der Waals surface area contributed by atoms with Crippen LogP contribution >= 0.6 is 0 Å². The van der Waals surface area contributed by atoms with Gasteiger partial charge in [-0.3, -0.25) is 4.79 Å². The fraction of sp³-hybridized carbons (Fsp3) is 0.250. The van der Waals surface area contributed by atoms with E-state index in [-0.39, 0.29) is 5.91 Å². The number of benzene rings is 3. The molecule has 1 saturated heterocycles. The van der Waals surface area contributed by atoms with Gasteiger partial charge in [0.05, 0.1) is 18.3 Å². The Balaban J connectivity index is 1.41. The first-order chi connectivity index (χ1) is 17.5. The number of methoxy groups -OCH3 is 1. The second-order valence-electron chi connectivity index (χ2n) is 9.00. The second kappa shape index (κ2) is 10.2. The second-order valence-corrected chi connectivity index (χ2v) is 9.00. The molecule has 8 nitrogen and oxygen atoms in total. The van der Waals surface area contributed by atoms with Crippen molar-refractivity contribution in [2.45, 2.75) is 6.92 Å². The van der Waals surface area contributed by atoms with E-state index in [1.807, 2.05) is 60.8 Å². The molecule has 2 heterocycles. The van der Waals surface area contributed by atoms with Gasteiger partial charge in [0, 0.05) is 67.7 Å². The first-order valence-electron chi connectivity index (χ1n) is 12.0. The van der Waals surface area contributed by atoms with Crippen molar-refractivity contribution >= 4 is 39.8 Å². The standard InChI is InChI=1S/C28H30N6O2/c1-19(35)30-22-9-7-20(8-10-22)24-6-4-5-21-18-29-28(32-27(21)24)31-23-11-12-25(26(17-23)36-3)34-15-13-33(2)14-16-34/h4-12,17-18H,13-16H2,1-3H3,(H,30,35)(H,29,31,32). The van der Waals surface area contributed by atoms with E-state index in [9.17, 15) is 4.79 Å². The molecule has 3 aromatic carbocycles.